The van der Waals surface area contributed by atoms with E-state index in [1.165, 1.54) is 12.7 Å². The summed E-state index contributed by atoms with van der Waals surface area (Å²) < 4.78 is 6.58. The number of carbonyl (C=O) groups excluding carboxylic acids is 3. The molecule has 0 spiro atoms. The Hall–Kier alpha value is -1.01. The van der Waals surface area contributed by atoms with Gasteiger partial charge in [-0.05, 0) is 103 Å². The first-order valence-electron chi connectivity index (χ1n) is 15.2. The molecule has 5 aliphatic rings. The molecule has 0 aromatic rings. The lowest BCUT2D eigenvalue weighted by atomic mass is 9.33. The molecule has 0 aromatic heterocycles. The number of methoxy groups -OCH3 is 1. The van der Waals surface area contributed by atoms with Crippen molar-refractivity contribution in [2.75, 3.05) is 19.6 Å². The number of fused-ring (bicyclic) bond motifs is 7. The van der Waals surface area contributed by atoms with Gasteiger partial charge in [-0.2, -0.15) is 0 Å². The van der Waals surface area contributed by atoms with Crippen molar-refractivity contribution in [1.82, 2.24) is 0 Å². The Morgan fingerprint density at radius 3 is 2.15 bits per heavy atom. The molecule has 6 heteroatoms. The normalized spacial score (nSPS) is 43.5. The lowest BCUT2D eigenvalue weighted by Gasteiger charge is -2.69. The van der Waals surface area contributed by atoms with E-state index < -0.39 is 10.8 Å². The first-order valence-corrected chi connectivity index (χ1v) is 17.6. The summed E-state index contributed by atoms with van der Waals surface area (Å²) in [6.07, 6.45) is 13.2. The summed E-state index contributed by atoms with van der Waals surface area (Å²) in [7, 11) is 1.51. The number of thioether (sulfide) groups is 2. The summed E-state index contributed by atoms with van der Waals surface area (Å²) in [6.45, 7) is 16.0. The molecule has 0 unspecified atom stereocenters. The van der Waals surface area contributed by atoms with Crippen molar-refractivity contribution in [3.63, 3.8) is 0 Å². The molecule has 0 radical (unpaired) electrons. The quantitative estimate of drug-likeness (QED) is 0.245. The minimum atomic E-state index is -0.562. The minimum Gasteiger partial charge on any atom is -0.469 e. The average Bonchev–Trinajstić information content (AvgIpc) is 2.88. The van der Waals surface area contributed by atoms with Gasteiger partial charge in [-0.1, -0.05) is 54.0 Å². The van der Waals surface area contributed by atoms with E-state index in [1.54, 1.807) is 23.5 Å². The van der Waals surface area contributed by atoms with E-state index in [2.05, 4.69) is 61.0 Å². The number of rotatable bonds is 3. The van der Waals surface area contributed by atoms with Crippen molar-refractivity contribution in [2.24, 2.45) is 50.2 Å². The maximum atomic E-state index is 14.6. The number of ether oxygens (including phenoxy) is 1. The second-order valence-corrected chi connectivity index (χ2v) is 17.6. The summed E-state index contributed by atoms with van der Waals surface area (Å²) in [5, 5.41) is 0. The third kappa shape index (κ3) is 3.82. The van der Waals surface area contributed by atoms with Crippen LogP contribution in [0.2, 0.25) is 0 Å². The van der Waals surface area contributed by atoms with E-state index in [0.717, 1.165) is 54.8 Å². The van der Waals surface area contributed by atoms with E-state index in [1.807, 2.05) is 6.08 Å². The lowest BCUT2D eigenvalue weighted by molar-refractivity contribution is -0.192. The number of Topliss-reactive ketones (excluding diaryl/α,β-unsaturated/α-hetero) is 1. The van der Waals surface area contributed by atoms with Gasteiger partial charge < -0.3 is 4.74 Å². The fourth-order valence-electron chi connectivity index (χ4n) is 10.9. The Morgan fingerprint density at radius 1 is 0.925 bits per heavy atom. The van der Waals surface area contributed by atoms with Crippen molar-refractivity contribution in [3.05, 3.63) is 21.5 Å². The highest BCUT2D eigenvalue weighted by atomic mass is 32.2. The second-order valence-electron chi connectivity index (χ2n) is 15.7. The molecule has 0 heterocycles. The van der Waals surface area contributed by atoms with Gasteiger partial charge in [-0.3, -0.25) is 14.4 Å². The van der Waals surface area contributed by atoms with Crippen molar-refractivity contribution >= 4 is 41.1 Å². The Labute approximate surface area is 250 Å². The topological polar surface area (TPSA) is 60.4 Å². The van der Waals surface area contributed by atoms with Crippen LogP contribution in [0.4, 0.5) is 0 Å². The van der Waals surface area contributed by atoms with Crippen molar-refractivity contribution in [2.45, 2.75) is 99.8 Å². The predicted molar refractivity (Wildman–Crippen MR) is 166 cm³/mol. The van der Waals surface area contributed by atoms with Gasteiger partial charge >= 0.3 is 5.97 Å². The van der Waals surface area contributed by atoms with Crippen molar-refractivity contribution in [3.8, 4) is 0 Å². The monoisotopic (exact) mass is 586 g/mol. The summed E-state index contributed by atoms with van der Waals surface area (Å²) in [5.74, 6) is 0.392. The third-order valence-corrected chi connectivity index (χ3v) is 15.4. The highest BCUT2D eigenvalue weighted by Gasteiger charge is 2.71. The average molecular weight is 587 g/mol. The zero-order chi connectivity index (χ0) is 29.7. The molecule has 0 N–H and O–H groups in total. The predicted octanol–water partition coefficient (Wildman–Crippen LogP) is 8.26. The summed E-state index contributed by atoms with van der Waals surface area (Å²) in [5.41, 5.74) is 0.611. The molecule has 222 valence electrons. The van der Waals surface area contributed by atoms with Crippen LogP contribution >= 0.6 is 23.5 Å². The Kier molecular flexibility index (Phi) is 7.23. The number of hydrogen-bond acceptors (Lipinski definition) is 6. The molecule has 7 atom stereocenters. The second kappa shape index (κ2) is 9.49. The molecule has 5 aliphatic carbocycles. The van der Waals surface area contributed by atoms with Gasteiger partial charge in [0.15, 0.2) is 11.6 Å². The molecular weight excluding hydrogens is 537 g/mol. The van der Waals surface area contributed by atoms with Gasteiger partial charge in [0.2, 0.25) is 0 Å². The zero-order valence-corrected chi connectivity index (χ0v) is 28.0. The first kappa shape index (κ1) is 30.4. The molecule has 0 aromatic carbocycles. The number of allylic oxidation sites excluding steroid dienone is 3. The molecule has 4 nitrogen and oxygen atoms in total. The van der Waals surface area contributed by atoms with Crippen LogP contribution < -0.4 is 0 Å². The van der Waals surface area contributed by atoms with E-state index in [9.17, 15) is 14.4 Å². The number of carbonyl (C=O) groups is 3. The van der Waals surface area contributed by atoms with Crippen molar-refractivity contribution < 1.29 is 19.1 Å². The third-order valence-electron chi connectivity index (χ3n) is 13.2. The van der Waals surface area contributed by atoms with Gasteiger partial charge in [-0.25, -0.2) is 0 Å². The smallest absolute Gasteiger partial charge is 0.312 e. The maximum Gasteiger partial charge on any atom is 0.312 e. The van der Waals surface area contributed by atoms with Gasteiger partial charge in [0.25, 0.3) is 0 Å². The molecule has 0 saturated heterocycles. The molecule has 4 fully saturated rings. The molecule has 0 amide bonds. The highest BCUT2D eigenvalue weighted by Crippen LogP contribution is 2.75. The van der Waals surface area contributed by atoms with Crippen LogP contribution in [0.15, 0.2) is 21.5 Å². The molecule has 4 saturated carbocycles. The highest BCUT2D eigenvalue weighted by molar-refractivity contribution is 8.21. The lowest BCUT2D eigenvalue weighted by Crippen LogP contribution is -2.66. The van der Waals surface area contributed by atoms with E-state index in [-0.39, 0.29) is 56.9 Å². The summed E-state index contributed by atoms with van der Waals surface area (Å²) >= 11 is 3.35. The molecule has 0 aliphatic heterocycles. The fraction of sp³-hybridized carbons (Fsp3) is 0.794. The molecule has 40 heavy (non-hydrogen) atoms. The van der Waals surface area contributed by atoms with Crippen molar-refractivity contribution in [1.29, 1.82) is 0 Å². The Balaban J connectivity index is 1.69. The fourth-order valence-corrected chi connectivity index (χ4v) is 12.4. The van der Waals surface area contributed by atoms with Crippen LogP contribution in [0, 0.1) is 50.2 Å². The molecule has 5 rings (SSSR count). The molecular formula is C34H50O4S2. The Morgan fingerprint density at radius 2 is 1.55 bits per heavy atom. The number of ketones is 2. The first-order chi connectivity index (χ1) is 18.5. The van der Waals surface area contributed by atoms with Gasteiger partial charge in [0.05, 0.1) is 12.5 Å². The largest absolute Gasteiger partial charge is 0.469 e. The van der Waals surface area contributed by atoms with Gasteiger partial charge in [-0.15, -0.1) is 23.5 Å². The van der Waals surface area contributed by atoms with E-state index >= 15 is 0 Å². The van der Waals surface area contributed by atoms with Gasteiger partial charge in [0, 0.05) is 21.1 Å². The standard InChI is InChI=1S/C34H50O4S2/c1-29(2)13-15-34(28(37)38-8)16-14-33(7)25(21(34)19-29)22(35)17-24-31(5)18-20(27(39-9)40-10)26(36)30(3,4)23(31)11-12-32(24,33)6/h17,21,23,25H,11-16,18-19H2,1-10H3/t21-,23-,25-,31-,32+,33+,34-/m0/s1. The maximum absolute atomic E-state index is 14.6. The van der Waals surface area contributed by atoms with Crippen LogP contribution in [0.25, 0.3) is 0 Å². The summed E-state index contributed by atoms with van der Waals surface area (Å²) in [6, 6.07) is 0. The summed E-state index contributed by atoms with van der Waals surface area (Å²) in [4.78, 5) is 42.0. The molecule has 0 bridgehead atoms. The van der Waals surface area contributed by atoms with Crippen LogP contribution in [0.5, 0.6) is 0 Å². The number of esters is 1. The van der Waals surface area contributed by atoms with Crippen LogP contribution in [0.3, 0.4) is 0 Å². The Bertz CT molecular complexity index is 1210. The van der Waals surface area contributed by atoms with Crippen LogP contribution in [0.1, 0.15) is 99.8 Å². The minimum absolute atomic E-state index is 0.00507. The van der Waals surface area contributed by atoms with E-state index in [4.69, 9.17) is 4.74 Å². The number of hydrogen-bond donors (Lipinski definition) is 0. The van der Waals surface area contributed by atoms with Crippen LogP contribution in [-0.2, 0) is 19.1 Å². The van der Waals surface area contributed by atoms with Gasteiger partial charge in [0.1, 0.15) is 0 Å². The SMILES string of the molecule is COC(=O)[C@]12CCC(C)(C)C[C@H]1[C@H]1C(=O)C=C3[C@@]4(C)CC(=C(SC)SC)C(=O)C(C)(C)[C@@H]4CC[C@@]3(C)[C@]1(C)CC2. The zero-order valence-electron chi connectivity index (χ0n) is 26.4. The van der Waals surface area contributed by atoms with Crippen LogP contribution in [-0.4, -0.2) is 37.2 Å². The van der Waals surface area contributed by atoms with E-state index in [0.29, 0.717) is 6.42 Å².